The second kappa shape index (κ2) is 7.06. The standard InChI is InChI=1S/C14H23N3O2S/c1-16(2)12(13-4-3-9-20-13)10-15-14(19)17-7-5-11(18)6-8-17/h3-4,9,11-12,18H,5-8,10H2,1-2H3,(H,15,19)/t12-/m0/s1. The fourth-order valence-electron chi connectivity index (χ4n) is 2.38. The Labute approximate surface area is 124 Å². The molecule has 1 aromatic rings. The maximum atomic E-state index is 12.1. The highest BCUT2D eigenvalue weighted by Gasteiger charge is 2.22. The molecule has 1 aliphatic heterocycles. The Balaban J connectivity index is 1.85. The van der Waals surface area contributed by atoms with Crippen LogP contribution < -0.4 is 5.32 Å². The highest BCUT2D eigenvalue weighted by molar-refractivity contribution is 7.10. The molecule has 20 heavy (non-hydrogen) atoms. The zero-order chi connectivity index (χ0) is 14.5. The van der Waals surface area contributed by atoms with E-state index < -0.39 is 0 Å². The van der Waals surface area contributed by atoms with E-state index in [1.807, 2.05) is 20.2 Å². The van der Waals surface area contributed by atoms with E-state index in [2.05, 4.69) is 21.7 Å². The molecule has 0 unspecified atom stereocenters. The van der Waals surface area contributed by atoms with E-state index in [4.69, 9.17) is 0 Å². The number of carbonyl (C=O) groups is 1. The third-order valence-electron chi connectivity index (χ3n) is 3.69. The van der Waals surface area contributed by atoms with Gasteiger partial charge in [-0.1, -0.05) is 6.07 Å². The molecular formula is C14H23N3O2S. The quantitative estimate of drug-likeness (QED) is 0.886. The number of nitrogens with zero attached hydrogens (tertiary/aromatic N) is 2. The highest BCUT2D eigenvalue weighted by atomic mass is 32.1. The molecule has 5 nitrogen and oxygen atoms in total. The lowest BCUT2D eigenvalue weighted by Crippen LogP contribution is -2.47. The molecule has 0 spiro atoms. The number of thiophene rings is 1. The normalized spacial score (nSPS) is 18.3. The molecule has 0 saturated carbocycles. The van der Waals surface area contributed by atoms with Gasteiger partial charge in [0.2, 0.25) is 0 Å². The van der Waals surface area contributed by atoms with Gasteiger partial charge in [0.1, 0.15) is 0 Å². The Kier molecular flexibility index (Phi) is 5.39. The summed E-state index contributed by atoms with van der Waals surface area (Å²) in [4.78, 5) is 17.3. The smallest absolute Gasteiger partial charge is 0.317 e. The Hall–Kier alpha value is -1.11. The Morgan fingerprint density at radius 2 is 2.25 bits per heavy atom. The Bertz CT molecular complexity index is 414. The number of amides is 2. The van der Waals surface area contributed by atoms with Crippen LogP contribution in [0.1, 0.15) is 23.8 Å². The third-order valence-corrected chi connectivity index (χ3v) is 4.67. The van der Waals surface area contributed by atoms with Crippen LogP contribution in [0, 0.1) is 0 Å². The van der Waals surface area contributed by atoms with Crippen molar-refractivity contribution in [1.29, 1.82) is 0 Å². The van der Waals surface area contributed by atoms with Gasteiger partial charge in [0.25, 0.3) is 0 Å². The van der Waals surface area contributed by atoms with Crippen LogP contribution in [0.25, 0.3) is 0 Å². The monoisotopic (exact) mass is 297 g/mol. The molecule has 6 heteroatoms. The number of hydrogen-bond acceptors (Lipinski definition) is 4. The fourth-order valence-corrected chi connectivity index (χ4v) is 3.31. The number of nitrogens with one attached hydrogen (secondary N) is 1. The topological polar surface area (TPSA) is 55.8 Å². The first-order valence-corrected chi connectivity index (χ1v) is 7.86. The number of likely N-dealkylation sites (N-methyl/N-ethyl adjacent to an activating group) is 1. The summed E-state index contributed by atoms with van der Waals surface area (Å²) in [6.07, 6.45) is 1.10. The number of rotatable bonds is 4. The van der Waals surface area contributed by atoms with Gasteiger partial charge in [0.15, 0.2) is 0 Å². The molecule has 2 rings (SSSR count). The van der Waals surface area contributed by atoms with E-state index in [1.165, 1.54) is 4.88 Å². The third kappa shape index (κ3) is 3.94. The van der Waals surface area contributed by atoms with Gasteiger partial charge in [0, 0.05) is 24.5 Å². The number of hydrogen-bond donors (Lipinski definition) is 2. The minimum absolute atomic E-state index is 0.0275. The molecule has 0 aliphatic carbocycles. The van der Waals surface area contributed by atoms with Crippen molar-refractivity contribution in [3.63, 3.8) is 0 Å². The van der Waals surface area contributed by atoms with Crippen LogP contribution in [0.3, 0.4) is 0 Å². The first kappa shape index (κ1) is 15.3. The van der Waals surface area contributed by atoms with E-state index in [-0.39, 0.29) is 18.2 Å². The molecule has 1 atom stereocenters. The van der Waals surface area contributed by atoms with Gasteiger partial charge in [0.05, 0.1) is 12.1 Å². The van der Waals surface area contributed by atoms with Gasteiger partial charge in [-0.25, -0.2) is 4.79 Å². The number of carbonyl (C=O) groups excluding carboxylic acids is 1. The maximum Gasteiger partial charge on any atom is 0.317 e. The van der Waals surface area contributed by atoms with Crippen molar-refractivity contribution in [2.45, 2.75) is 25.0 Å². The van der Waals surface area contributed by atoms with Crippen molar-refractivity contribution in [2.75, 3.05) is 33.7 Å². The van der Waals surface area contributed by atoms with Crippen LogP contribution in [-0.4, -0.2) is 60.8 Å². The lowest BCUT2D eigenvalue weighted by atomic mass is 10.1. The summed E-state index contributed by atoms with van der Waals surface area (Å²) in [7, 11) is 4.04. The molecule has 1 aliphatic rings. The molecule has 1 fully saturated rings. The molecule has 2 heterocycles. The van der Waals surface area contributed by atoms with Gasteiger partial charge in [-0.05, 0) is 38.4 Å². The summed E-state index contributed by atoms with van der Waals surface area (Å²) < 4.78 is 0. The Morgan fingerprint density at radius 1 is 1.55 bits per heavy atom. The molecule has 112 valence electrons. The zero-order valence-corrected chi connectivity index (χ0v) is 12.9. The van der Waals surface area contributed by atoms with E-state index >= 15 is 0 Å². The minimum atomic E-state index is -0.250. The van der Waals surface area contributed by atoms with Gasteiger partial charge in [-0.3, -0.25) is 0 Å². The predicted octanol–water partition coefficient (Wildman–Crippen LogP) is 1.52. The lowest BCUT2D eigenvalue weighted by molar-refractivity contribution is 0.0931. The van der Waals surface area contributed by atoms with E-state index in [0.29, 0.717) is 32.5 Å². The van der Waals surface area contributed by atoms with Crippen LogP contribution in [0.4, 0.5) is 4.79 Å². The zero-order valence-electron chi connectivity index (χ0n) is 12.1. The van der Waals surface area contributed by atoms with Crippen molar-refractivity contribution in [3.05, 3.63) is 22.4 Å². The second-order valence-electron chi connectivity index (χ2n) is 5.40. The van der Waals surface area contributed by atoms with Gasteiger partial charge in [-0.2, -0.15) is 0 Å². The van der Waals surface area contributed by atoms with Gasteiger partial charge in [-0.15, -0.1) is 11.3 Å². The summed E-state index contributed by atoms with van der Waals surface area (Å²) >= 11 is 1.71. The number of aliphatic hydroxyl groups is 1. The molecule has 0 aromatic carbocycles. The summed E-state index contributed by atoms with van der Waals surface area (Å²) in [5.41, 5.74) is 0. The Morgan fingerprint density at radius 3 is 2.80 bits per heavy atom. The average Bonchev–Trinajstić information content (AvgIpc) is 2.93. The summed E-state index contributed by atoms with van der Waals surface area (Å²) in [6.45, 7) is 1.88. The summed E-state index contributed by atoms with van der Waals surface area (Å²) in [5.74, 6) is 0. The number of urea groups is 1. The van der Waals surface area contributed by atoms with Crippen LogP contribution in [0.5, 0.6) is 0 Å². The first-order chi connectivity index (χ1) is 9.58. The number of likely N-dealkylation sites (tertiary alicyclic amines) is 1. The van der Waals surface area contributed by atoms with Crippen molar-refractivity contribution in [2.24, 2.45) is 0 Å². The van der Waals surface area contributed by atoms with Crippen molar-refractivity contribution < 1.29 is 9.90 Å². The van der Waals surface area contributed by atoms with Crippen molar-refractivity contribution >= 4 is 17.4 Å². The van der Waals surface area contributed by atoms with Crippen molar-refractivity contribution in [3.8, 4) is 0 Å². The van der Waals surface area contributed by atoms with E-state index in [0.717, 1.165) is 0 Å². The first-order valence-electron chi connectivity index (χ1n) is 6.98. The maximum absolute atomic E-state index is 12.1. The average molecular weight is 297 g/mol. The molecule has 0 bridgehead atoms. The van der Waals surface area contributed by atoms with Crippen molar-refractivity contribution in [1.82, 2.24) is 15.1 Å². The molecule has 1 aromatic heterocycles. The lowest BCUT2D eigenvalue weighted by Gasteiger charge is -2.31. The fraction of sp³-hybridized carbons (Fsp3) is 0.643. The number of piperidine rings is 1. The SMILES string of the molecule is CN(C)[C@@H](CNC(=O)N1CCC(O)CC1)c1cccs1. The van der Waals surface area contributed by atoms with E-state index in [1.54, 1.807) is 16.2 Å². The van der Waals surface area contributed by atoms with Crippen LogP contribution in [0.15, 0.2) is 17.5 Å². The summed E-state index contributed by atoms with van der Waals surface area (Å²) in [6, 6.07) is 4.30. The molecular weight excluding hydrogens is 274 g/mol. The second-order valence-corrected chi connectivity index (χ2v) is 6.38. The molecule has 0 radical (unpaired) electrons. The minimum Gasteiger partial charge on any atom is -0.393 e. The largest absolute Gasteiger partial charge is 0.393 e. The van der Waals surface area contributed by atoms with E-state index in [9.17, 15) is 9.90 Å². The van der Waals surface area contributed by atoms with Crippen LogP contribution in [-0.2, 0) is 0 Å². The van der Waals surface area contributed by atoms with Gasteiger partial charge < -0.3 is 20.2 Å². The van der Waals surface area contributed by atoms with Crippen LogP contribution >= 0.6 is 11.3 Å². The number of aliphatic hydroxyl groups excluding tert-OH is 1. The van der Waals surface area contributed by atoms with Gasteiger partial charge >= 0.3 is 6.03 Å². The molecule has 2 amide bonds. The summed E-state index contributed by atoms with van der Waals surface area (Å²) in [5, 5.41) is 14.5. The van der Waals surface area contributed by atoms with Crippen LogP contribution in [0.2, 0.25) is 0 Å². The highest BCUT2D eigenvalue weighted by Crippen LogP contribution is 2.22. The molecule has 2 N–H and O–H groups in total. The molecule has 1 saturated heterocycles. The predicted molar refractivity (Wildman–Crippen MR) is 81.0 cm³/mol.